The summed E-state index contributed by atoms with van der Waals surface area (Å²) in [6.07, 6.45) is 4.52. The smallest absolute Gasteiger partial charge is 0.243 e. The van der Waals surface area contributed by atoms with Crippen LogP contribution in [-0.2, 0) is 14.8 Å². The molecular formula is C16H21BrN2O3S. The third kappa shape index (κ3) is 3.46. The molecule has 0 aromatic heterocycles. The molecular weight excluding hydrogens is 380 g/mol. The Morgan fingerprint density at radius 1 is 1.00 bits per heavy atom. The van der Waals surface area contributed by atoms with Crippen LogP contribution in [0.5, 0.6) is 0 Å². The van der Waals surface area contributed by atoms with Gasteiger partial charge in [-0.3, -0.25) is 4.79 Å². The number of hydrogen-bond donors (Lipinski definition) is 0. The highest BCUT2D eigenvalue weighted by atomic mass is 79.9. The molecule has 0 spiro atoms. The van der Waals surface area contributed by atoms with Crippen molar-refractivity contribution in [1.82, 2.24) is 9.21 Å². The fraction of sp³-hybridized carbons (Fsp3) is 0.562. The van der Waals surface area contributed by atoms with Crippen LogP contribution >= 0.6 is 15.9 Å². The topological polar surface area (TPSA) is 57.7 Å². The molecule has 1 aromatic rings. The number of carbonyl (C=O) groups is 1. The minimum atomic E-state index is -3.62. The first-order chi connectivity index (χ1) is 11.0. The highest BCUT2D eigenvalue weighted by molar-refractivity contribution is 9.10. The number of carbonyl (C=O) groups excluding carboxylic acids is 1. The number of hydrogen-bond acceptors (Lipinski definition) is 3. The summed E-state index contributed by atoms with van der Waals surface area (Å²) in [6, 6.07) is 6.05. The number of rotatable bonds is 3. The standard InChI is InChI=1S/C16H21BrN2O3S/c17-13-6-8-14(9-7-13)23(21,22)19-12-4-5-15(19)16(20)18-10-2-1-3-11-18/h6-9,15H,1-5,10-12H2/t15-/m0/s1. The van der Waals surface area contributed by atoms with Gasteiger partial charge in [0, 0.05) is 24.1 Å². The van der Waals surface area contributed by atoms with Crippen molar-refractivity contribution in [1.29, 1.82) is 0 Å². The Bertz CT molecular complexity index is 669. The molecule has 0 unspecified atom stereocenters. The fourth-order valence-corrected chi connectivity index (χ4v) is 5.26. The van der Waals surface area contributed by atoms with Gasteiger partial charge >= 0.3 is 0 Å². The molecule has 0 N–H and O–H groups in total. The molecule has 0 saturated carbocycles. The summed E-state index contributed by atoms with van der Waals surface area (Å²) < 4.78 is 28.0. The van der Waals surface area contributed by atoms with E-state index in [1.165, 1.54) is 4.31 Å². The number of likely N-dealkylation sites (tertiary alicyclic amines) is 1. The lowest BCUT2D eigenvalue weighted by molar-refractivity contribution is -0.135. The predicted molar refractivity (Wildman–Crippen MR) is 91.5 cm³/mol. The highest BCUT2D eigenvalue weighted by Gasteiger charge is 2.41. The van der Waals surface area contributed by atoms with Gasteiger partial charge in [0.05, 0.1) is 4.90 Å². The normalized spacial score (nSPS) is 23.2. The van der Waals surface area contributed by atoms with Crippen LogP contribution in [0.15, 0.2) is 33.6 Å². The van der Waals surface area contributed by atoms with Crippen molar-refractivity contribution < 1.29 is 13.2 Å². The van der Waals surface area contributed by atoms with Crippen LogP contribution in [0.1, 0.15) is 32.1 Å². The largest absolute Gasteiger partial charge is 0.341 e. The van der Waals surface area contributed by atoms with Gasteiger partial charge in [-0.05, 0) is 56.4 Å². The highest BCUT2D eigenvalue weighted by Crippen LogP contribution is 2.28. The molecule has 1 atom stereocenters. The lowest BCUT2D eigenvalue weighted by Crippen LogP contribution is -2.49. The van der Waals surface area contributed by atoms with Crippen LogP contribution in [0.25, 0.3) is 0 Å². The van der Waals surface area contributed by atoms with Gasteiger partial charge in [0.2, 0.25) is 15.9 Å². The molecule has 2 aliphatic heterocycles. The van der Waals surface area contributed by atoms with Gasteiger partial charge in [-0.25, -0.2) is 8.42 Å². The van der Waals surface area contributed by atoms with Crippen molar-refractivity contribution in [3.8, 4) is 0 Å². The van der Waals surface area contributed by atoms with E-state index < -0.39 is 16.1 Å². The van der Waals surface area contributed by atoms with E-state index in [1.807, 2.05) is 4.90 Å². The second-order valence-electron chi connectivity index (χ2n) is 6.11. The Hall–Kier alpha value is -0.920. The monoisotopic (exact) mass is 400 g/mol. The van der Waals surface area contributed by atoms with Gasteiger partial charge in [-0.15, -0.1) is 0 Å². The summed E-state index contributed by atoms with van der Waals surface area (Å²) in [5, 5.41) is 0. The van der Waals surface area contributed by atoms with Crippen LogP contribution < -0.4 is 0 Å². The van der Waals surface area contributed by atoms with Gasteiger partial charge in [0.1, 0.15) is 6.04 Å². The summed E-state index contributed by atoms with van der Waals surface area (Å²) in [5.74, 6) is -0.0251. The van der Waals surface area contributed by atoms with Crippen molar-refractivity contribution in [3.63, 3.8) is 0 Å². The second-order valence-corrected chi connectivity index (χ2v) is 8.92. The van der Waals surface area contributed by atoms with Crippen LogP contribution in [0, 0.1) is 0 Å². The van der Waals surface area contributed by atoms with Crippen LogP contribution in [0.4, 0.5) is 0 Å². The molecule has 2 heterocycles. The lowest BCUT2D eigenvalue weighted by Gasteiger charge is -2.32. The Morgan fingerprint density at radius 2 is 1.65 bits per heavy atom. The zero-order valence-electron chi connectivity index (χ0n) is 12.9. The maximum Gasteiger partial charge on any atom is 0.243 e. The van der Waals surface area contributed by atoms with E-state index in [9.17, 15) is 13.2 Å². The van der Waals surface area contributed by atoms with Gasteiger partial charge in [-0.2, -0.15) is 4.31 Å². The molecule has 2 aliphatic rings. The Morgan fingerprint density at radius 3 is 2.30 bits per heavy atom. The molecule has 0 radical (unpaired) electrons. The average Bonchev–Trinajstić information content (AvgIpc) is 3.06. The lowest BCUT2D eigenvalue weighted by atomic mass is 10.1. The van der Waals surface area contributed by atoms with Crippen LogP contribution in [0.3, 0.4) is 0 Å². The second kappa shape index (κ2) is 6.91. The molecule has 2 fully saturated rings. The number of piperidine rings is 1. The molecule has 126 valence electrons. The molecule has 7 heteroatoms. The Labute approximate surface area is 145 Å². The van der Waals surface area contributed by atoms with Crippen molar-refractivity contribution in [2.24, 2.45) is 0 Å². The first-order valence-corrected chi connectivity index (χ1v) is 10.3. The van der Waals surface area contributed by atoms with Gasteiger partial charge < -0.3 is 4.90 Å². The minimum absolute atomic E-state index is 0.0251. The van der Waals surface area contributed by atoms with Gasteiger partial charge in [-0.1, -0.05) is 15.9 Å². The molecule has 2 saturated heterocycles. The SMILES string of the molecule is O=C([C@@H]1CCCN1S(=O)(=O)c1ccc(Br)cc1)N1CCCCC1. The summed E-state index contributed by atoms with van der Waals surface area (Å²) >= 11 is 3.31. The zero-order valence-corrected chi connectivity index (χ0v) is 15.4. The van der Waals surface area contributed by atoms with Crippen molar-refractivity contribution in [2.75, 3.05) is 19.6 Å². The van der Waals surface area contributed by atoms with Gasteiger partial charge in [0.25, 0.3) is 0 Å². The molecule has 5 nitrogen and oxygen atoms in total. The average molecular weight is 401 g/mol. The minimum Gasteiger partial charge on any atom is -0.341 e. The quantitative estimate of drug-likeness (QED) is 0.783. The maximum atomic E-state index is 12.9. The molecule has 23 heavy (non-hydrogen) atoms. The van der Waals surface area contributed by atoms with Crippen LogP contribution in [0.2, 0.25) is 0 Å². The third-order valence-electron chi connectivity index (χ3n) is 4.58. The zero-order chi connectivity index (χ0) is 16.4. The van der Waals surface area contributed by atoms with E-state index in [0.29, 0.717) is 13.0 Å². The first kappa shape index (κ1) is 16.9. The summed E-state index contributed by atoms with van der Waals surface area (Å²) in [7, 11) is -3.62. The Balaban J connectivity index is 1.82. The summed E-state index contributed by atoms with van der Waals surface area (Å²) in [6.45, 7) is 1.92. The van der Waals surface area contributed by atoms with Crippen molar-refractivity contribution in [2.45, 2.75) is 43.0 Å². The summed E-state index contributed by atoms with van der Waals surface area (Å²) in [4.78, 5) is 14.8. The molecule has 3 rings (SSSR count). The third-order valence-corrected chi connectivity index (χ3v) is 7.03. The van der Waals surface area contributed by atoms with E-state index in [2.05, 4.69) is 15.9 Å². The number of amides is 1. The number of halogens is 1. The van der Waals surface area contributed by atoms with E-state index in [0.717, 1.165) is 43.2 Å². The van der Waals surface area contributed by atoms with E-state index in [4.69, 9.17) is 0 Å². The Kier molecular flexibility index (Phi) is 5.08. The summed E-state index contributed by atoms with van der Waals surface area (Å²) in [5.41, 5.74) is 0. The number of nitrogens with zero attached hydrogens (tertiary/aromatic N) is 2. The predicted octanol–water partition coefficient (Wildman–Crippen LogP) is 2.61. The van der Waals surface area contributed by atoms with Gasteiger partial charge in [0.15, 0.2) is 0 Å². The maximum absolute atomic E-state index is 12.9. The van der Waals surface area contributed by atoms with Crippen molar-refractivity contribution in [3.05, 3.63) is 28.7 Å². The molecule has 1 amide bonds. The van der Waals surface area contributed by atoms with Crippen LogP contribution in [-0.4, -0.2) is 49.2 Å². The van der Waals surface area contributed by atoms with E-state index >= 15 is 0 Å². The fourth-order valence-electron chi connectivity index (χ4n) is 3.34. The molecule has 1 aromatic carbocycles. The molecule has 0 bridgehead atoms. The first-order valence-electron chi connectivity index (χ1n) is 8.06. The molecule has 0 aliphatic carbocycles. The number of benzene rings is 1. The van der Waals surface area contributed by atoms with E-state index in [1.54, 1.807) is 24.3 Å². The van der Waals surface area contributed by atoms with E-state index in [-0.39, 0.29) is 10.8 Å². The number of sulfonamides is 1. The van der Waals surface area contributed by atoms with Crippen molar-refractivity contribution >= 4 is 31.9 Å².